The molecule has 0 spiro atoms. The molecular formula is C12H10O4. The maximum Gasteiger partial charge on any atom is 0.336 e. The van der Waals surface area contributed by atoms with Gasteiger partial charge in [-0.15, -0.1) is 0 Å². The van der Waals surface area contributed by atoms with Crippen molar-refractivity contribution in [2.45, 2.75) is 13.8 Å². The van der Waals surface area contributed by atoms with Crippen LogP contribution in [0, 0.1) is 6.92 Å². The van der Waals surface area contributed by atoms with E-state index < -0.39 is 5.63 Å². The van der Waals surface area contributed by atoms with Gasteiger partial charge in [-0.3, -0.25) is 4.79 Å². The molecule has 0 aliphatic carbocycles. The van der Waals surface area contributed by atoms with Gasteiger partial charge in [-0.25, -0.2) is 4.79 Å². The van der Waals surface area contributed by atoms with Crippen LogP contribution in [0.5, 0.6) is 5.75 Å². The molecule has 0 atom stereocenters. The van der Waals surface area contributed by atoms with Gasteiger partial charge in [0.05, 0.1) is 0 Å². The number of ketones is 1. The Balaban J connectivity index is 3.02. The number of carbonyl (C=O) groups excluding carboxylic acids is 1. The smallest absolute Gasteiger partial charge is 0.336 e. The normalized spacial score (nSPS) is 10.6. The van der Waals surface area contributed by atoms with E-state index in [0.717, 1.165) is 0 Å². The Morgan fingerprint density at radius 1 is 1.38 bits per heavy atom. The Morgan fingerprint density at radius 3 is 2.69 bits per heavy atom. The van der Waals surface area contributed by atoms with Gasteiger partial charge in [0.25, 0.3) is 0 Å². The molecule has 1 aromatic carbocycles. The first-order chi connectivity index (χ1) is 7.50. The third-order valence-corrected chi connectivity index (χ3v) is 2.43. The number of carbonyl (C=O) groups is 1. The van der Waals surface area contributed by atoms with Gasteiger partial charge in [-0.1, -0.05) is 0 Å². The van der Waals surface area contributed by atoms with E-state index in [2.05, 4.69) is 0 Å². The van der Waals surface area contributed by atoms with Crippen LogP contribution in [0.15, 0.2) is 27.4 Å². The van der Waals surface area contributed by atoms with Crippen molar-refractivity contribution in [1.82, 2.24) is 0 Å². The van der Waals surface area contributed by atoms with Gasteiger partial charge in [-0.2, -0.15) is 0 Å². The van der Waals surface area contributed by atoms with E-state index in [1.165, 1.54) is 13.0 Å². The molecule has 0 aliphatic rings. The minimum atomic E-state index is -0.543. The van der Waals surface area contributed by atoms with E-state index in [4.69, 9.17) is 4.42 Å². The van der Waals surface area contributed by atoms with Crippen LogP contribution in [-0.4, -0.2) is 10.9 Å². The molecule has 4 nitrogen and oxygen atoms in total. The first-order valence-corrected chi connectivity index (χ1v) is 4.78. The molecule has 0 radical (unpaired) electrons. The summed E-state index contributed by atoms with van der Waals surface area (Å²) < 4.78 is 4.95. The maximum absolute atomic E-state index is 11.4. The van der Waals surface area contributed by atoms with Crippen LogP contribution >= 0.6 is 0 Å². The summed E-state index contributed by atoms with van der Waals surface area (Å²) in [4.78, 5) is 22.5. The van der Waals surface area contributed by atoms with Crippen molar-refractivity contribution in [3.05, 3.63) is 39.7 Å². The number of phenols is 1. The molecule has 82 valence electrons. The highest BCUT2D eigenvalue weighted by Gasteiger charge is 2.16. The zero-order chi connectivity index (χ0) is 11.9. The lowest BCUT2D eigenvalue weighted by Crippen LogP contribution is -2.01. The van der Waals surface area contributed by atoms with Gasteiger partial charge in [0.2, 0.25) is 0 Å². The minimum Gasteiger partial charge on any atom is -0.507 e. The van der Waals surface area contributed by atoms with Crippen molar-refractivity contribution in [2.24, 2.45) is 0 Å². The van der Waals surface area contributed by atoms with Crippen molar-refractivity contribution >= 4 is 16.8 Å². The zero-order valence-corrected chi connectivity index (χ0v) is 8.90. The summed E-state index contributed by atoms with van der Waals surface area (Å²) >= 11 is 0. The Hall–Kier alpha value is -2.10. The Kier molecular flexibility index (Phi) is 2.27. The van der Waals surface area contributed by atoms with E-state index in [1.54, 1.807) is 19.1 Å². The largest absolute Gasteiger partial charge is 0.507 e. The number of aryl methyl sites for hydroxylation is 1. The average Bonchev–Trinajstić information content (AvgIpc) is 2.20. The van der Waals surface area contributed by atoms with Crippen LogP contribution in [0.1, 0.15) is 22.8 Å². The van der Waals surface area contributed by atoms with Crippen molar-refractivity contribution in [3.8, 4) is 5.75 Å². The summed E-state index contributed by atoms with van der Waals surface area (Å²) in [6, 6.07) is 4.52. The predicted octanol–water partition coefficient (Wildman–Crippen LogP) is 2.01. The van der Waals surface area contributed by atoms with Gasteiger partial charge in [-0.05, 0) is 31.5 Å². The first kappa shape index (κ1) is 10.4. The molecule has 0 aliphatic heterocycles. The summed E-state index contributed by atoms with van der Waals surface area (Å²) in [7, 11) is 0. The average molecular weight is 218 g/mol. The molecule has 2 rings (SSSR count). The number of hydrogen-bond acceptors (Lipinski definition) is 4. The zero-order valence-electron chi connectivity index (χ0n) is 8.90. The van der Waals surface area contributed by atoms with Crippen LogP contribution in [0.4, 0.5) is 0 Å². The molecule has 4 heteroatoms. The molecule has 0 unspecified atom stereocenters. The van der Waals surface area contributed by atoms with Crippen LogP contribution in [0.3, 0.4) is 0 Å². The Morgan fingerprint density at radius 2 is 2.06 bits per heavy atom. The lowest BCUT2D eigenvalue weighted by molar-refractivity contribution is 0.101. The van der Waals surface area contributed by atoms with Crippen molar-refractivity contribution in [3.63, 3.8) is 0 Å². The van der Waals surface area contributed by atoms with Crippen molar-refractivity contribution in [1.29, 1.82) is 0 Å². The lowest BCUT2D eigenvalue weighted by Gasteiger charge is -2.07. The second-order valence-corrected chi connectivity index (χ2v) is 3.65. The summed E-state index contributed by atoms with van der Waals surface area (Å²) in [6.07, 6.45) is 0. The standard InChI is InChI=1S/C12H10O4/c1-6-5-8-3-4-9(14)16-12(8)10(7(2)13)11(6)15/h3-5,15H,1-2H3. The van der Waals surface area contributed by atoms with E-state index in [9.17, 15) is 14.7 Å². The maximum atomic E-state index is 11.4. The number of phenolic OH excluding ortho intramolecular Hbond substituents is 1. The third-order valence-electron chi connectivity index (χ3n) is 2.43. The second-order valence-electron chi connectivity index (χ2n) is 3.65. The molecule has 0 fully saturated rings. The van der Waals surface area contributed by atoms with Crippen molar-refractivity contribution < 1.29 is 14.3 Å². The summed E-state index contributed by atoms with van der Waals surface area (Å²) in [6.45, 7) is 3.01. The third kappa shape index (κ3) is 1.48. The monoisotopic (exact) mass is 218 g/mol. The Labute approximate surface area is 91.1 Å². The highest BCUT2D eigenvalue weighted by atomic mass is 16.4. The lowest BCUT2D eigenvalue weighted by atomic mass is 10.0. The van der Waals surface area contributed by atoms with Crippen LogP contribution in [0.2, 0.25) is 0 Å². The summed E-state index contributed by atoms with van der Waals surface area (Å²) in [5, 5.41) is 10.4. The fraction of sp³-hybridized carbons (Fsp3) is 0.167. The topological polar surface area (TPSA) is 67.5 Å². The van der Waals surface area contributed by atoms with Gasteiger partial charge in [0.1, 0.15) is 11.3 Å². The SMILES string of the molecule is CC(=O)c1c(O)c(C)cc2ccc(=O)oc12. The van der Waals surface area contributed by atoms with Gasteiger partial charge >= 0.3 is 5.63 Å². The fourth-order valence-corrected chi connectivity index (χ4v) is 1.67. The van der Waals surface area contributed by atoms with E-state index in [0.29, 0.717) is 10.9 Å². The number of rotatable bonds is 1. The first-order valence-electron chi connectivity index (χ1n) is 4.78. The van der Waals surface area contributed by atoms with Crippen LogP contribution in [-0.2, 0) is 0 Å². The minimum absolute atomic E-state index is 0.0627. The quantitative estimate of drug-likeness (QED) is 0.587. The van der Waals surface area contributed by atoms with Crippen LogP contribution < -0.4 is 5.63 Å². The number of Topliss-reactive ketones (excluding diaryl/α,β-unsaturated/α-hetero) is 1. The van der Waals surface area contributed by atoms with Gasteiger partial charge in [0, 0.05) is 11.5 Å². The highest BCUT2D eigenvalue weighted by molar-refractivity contribution is 6.07. The van der Waals surface area contributed by atoms with E-state index in [1.807, 2.05) is 0 Å². The number of aromatic hydroxyl groups is 1. The van der Waals surface area contributed by atoms with E-state index in [-0.39, 0.29) is 22.7 Å². The number of benzene rings is 1. The molecule has 0 saturated heterocycles. The fourth-order valence-electron chi connectivity index (χ4n) is 1.67. The molecule has 0 amide bonds. The summed E-state index contributed by atoms with van der Waals surface area (Å²) in [5.74, 6) is -0.463. The molecule has 0 bridgehead atoms. The molecule has 2 aromatic rings. The van der Waals surface area contributed by atoms with E-state index >= 15 is 0 Å². The highest BCUT2D eigenvalue weighted by Crippen LogP contribution is 2.30. The molecule has 1 aromatic heterocycles. The number of hydrogen-bond donors (Lipinski definition) is 1. The molecule has 1 heterocycles. The van der Waals surface area contributed by atoms with Gasteiger partial charge < -0.3 is 9.52 Å². The van der Waals surface area contributed by atoms with Gasteiger partial charge in [0.15, 0.2) is 11.4 Å². The van der Waals surface area contributed by atoms with Crippen LogP contribution in [0.25, 0.3) is 11.0 Å². The predicted molar refractivity (Wildman–Crippen MR) is 58.9 cm³/mol. The molecule has 1 N–H and O–H groups in total. The Bertz CT molecular complexity index is 637. The summed E-state index contributed by atoms with van der Waals surface area (Å²) in [5.41, 5.74) is 0.237. The second kappa shape index (κ2) is 3.48. The van der Waals surface area contributed by atoms with Crippen molar-refractivity contribution in [2.75, 3.05) is 0 Å². The molecular weight excluding hydrogens is 208 g/mol. The number of fused-ring (bicyclic) bond motifs is 1. The molecule has 0 saturated carbocycles. The molecule has 16 heavy (non-hydrogen) atoms.